The normalized spacial score (nSPS) is 20.5. The lowest BCUT2D eigenvalue weighted by Crippen LogP contribution is -2.38. The maximum absolute atomic E-state index is 12.5. The first kappa shape index (κ1) is 13.6. The first-order valence-electron chi connectivity index (χ1n) is 7.50. The molecule has 6 nitrogen and oxygen atoms in total. The largest absolute Gasteiger partial charge is 0.326 e. The van der Waals surface area contributed by atoms with Gasteiger partial charge in [-0.3, -0.25) is 9.59 Å². The van der Waals surface area contributed by atoms with Crippen molar-refractivity contribution in [2.24, 2.45) is 0 Å². The highest BCUT2D eigenvalue weighted by Gasteiger charge is 2.31. The average Bonchev–Trinajstić information content (AvgIpc) is 3.20. The minimum atomic E-state index is -0.401. The molecule has 1 fully saturated rings. The molecule has 2 aromatic rings. The molecule has 0 aromatic carbocycles. The predicted octanol–water partition coefficient (Wildman–Crippen LogP) is 1.28. The third-order valence-electron chi connectivity index (χ3n) is 4.49. The highest BCUT2D eigenvalue weighted by Crippen LogP contribution is 2.34. The van der Waals surface area contributed by atoms with Crippen LogP contribution in [-0.2, 0) is 17.6 Å². The highest BCUT2D eigenvalue weighted by molar-refractivity contribution is 7.18. The van der Waals surface area contributed by atoms with Gasteiger partial charge in [0, 0.05) is 11.4 Å². The van der Waals surface area contributed by atoms with Crippen LogP contribution in [-0.4, -0.2) is 39.6 Å². The summed E-state index contributed by atoms with van der Waals surface area (Å²) in [4.78, 5) is 46.3. The Labute approximate surface area is 130 Å². The molecule has 0 radical (unpaired) electrons. The third kappa shape index (κ3) is 1.92. The predicted molar refractivity (Wildman–Crippen MR) is 82.4 cm³/mol. The molecule has 2 aliphatic rings. The Kier molecular flexibility index (Phi) is 3.11. The van der Waals surface area contributed by atoms with Crippen LogP contribution in [0, 0.1) is 0 Å². The van der Waals surface area contributed by atoms with Crippen LogP contribution in [0.3, 0.4) is 0 Å². The molecular formula is C15H15N3O3S. The van der Waals surface area contributed by atoms with Crippen molar-refractivity contribution in [3.63, 3.8) is 0 Å². The Morgan fingerprint density at radius 1 is 1.36 bits per heavy atom. The number of carbonyl (C=O) groups is 2. The number of thiophene rings is 1. The number of hydrogen-bond donors (Lipinski definition) is 1. The van der Waals surface area contributed by atoms with Gasteiger partial charge in [-0.25, -0.2) is 4.98 Å². The maximum Gasteiger partial charge on any atom is 0.290 e. The van der Waals surface area contributed by atoms with E-state index < -0.39 is 6.04 Å². The summed E-state index contributed by atoms with van der Waals surface area (Å²) in [5.41, 5.74) is 0.856. The number of amides is 1. The van der Waals surface area contributed by atoms with Crippen LogP contribution in [0.2, 0.25) is 0 Å². The van der Waals surface area contributed by atoms with Crippen LogP contribution in [0.25, 0.3) is 10.2 Å². The number of aromatic amines is 1. The summed E-state index contributed by atoms with van der Waals surface area (Å²) in [6.07, 6.45) is 5.24. The highest BCUT2D eigenvalue weighted by atomic mass is 32.1. The molecular weight excluding hydrogens is 302 g/mol. The first-order valence-corrected chi connectivity index (χ1v) is 8.31. The van der Waals surface area contributed by atoms with Crippen molar-refractivity contribution in [2.45, 2.75) is 38.1 Å². The number of H-pyrrole nitrogens is 1. The van der Waals surface area contributed by atoms with Gasteiger partial charge in [0.2, 0.25) is 5.82 Å². The molecule has 1 N–H and O–H groups in total. The SMILES string of the molecule is O=CC1CCCN1C(=O)c1nc2sc3c(c2c(=O)[nH]1)CCC3. The van der Waals surface area contributed by atoms with Gasteiger partial charge in [0.05, 0.1) is 11.4 Å². The number of carbonyl (C=O) groups excluding carboxylic acids is 2. The summed E-state index contributed by atoms with van der Waals surface area (Å²) in [6.45, 7) is 0.533. The van der Waals surface area contributed by atoms with Crippen molar-refractivity contribution in [1.29, 1.82) is 0 Å². The number of hydrogen-bond acceptors (Lipinski definition) is 5. The molecule has 1 amide bonds. The molecule has 22 heavy (non-hydrogen) atoms. The Bertz CT molecular complexity index is 838. The molecule has 0 bridgehead atoms. The molecule has 4 rings (SSSR count). The van der Waals surface area contributed by atoms with E-state index in [1.54, 1.807) is 0 Å². The lowest BCUT2D eigenvalue weighted by atomic mass is 10.2. The molecule has 7 heteroatoms. The average molecular weight is 317 g/mol. The molecule has 3 heterocycles. The quantitative estimate of drug-likeness (QED) is 0.846. The summed E-state index contributed by atoms with van der Waals surface area (Å²) in [7, 11) is 0. The molecule has 0 spiro atoms. The summed E-state index contributed by atoms with van der Waals surface area (Å²) in [6, 6.07) is -0.401. The first-order chi connectivity index (χ1) is 10.7. The van der Waals surface area contributed by atoms with Crippen LogP contribution < -0.4 is 5.56 Å². The molecule has 114 valence electrons. The van der Waals surface area contributed by atoms with Crippen molar-refractivity contribution in [1.82, 2.24) is 14.9 Å². The fraction of sp³-hybridized carbons (Fsp3) is 0.467. The zero-order valence-electron chi connectivity index (χ0n) is 11.9. The minimum Gasteiger partial charge on any atom is -0.326 e. The van der Waals surface area contributed by atoms with E-state index in [1.807, 2.05) is 0 Å². The summed E-state index contributed by atoms with van der Waals surface area (Å²) < 4.78 is 0. The summed E-state index contributed by atoms with van der Waals surface area (Å²) >= 11 is 1.51. The molecule has 1 saturated heterocycles. The van der Waals surface area contributed by atoms with E-state index in [1.165, 1.54) is 21.1 Å². The van der Waals surface area contributed by atoms with Crippen molar-refractivity contribution >= 4 is 33.7 Å². The molecule has 1 aliphatic heterocycles. The topological polar surface area (TPSA) is 83.1 Å². The Morgan fingerprint density at radius 3 is 3.05 bits per heavy atom. The second-order valence-electron chi connectivity index (χ2n) is 5.80. The Balaban J connectivity index is 1.78. The lowest BCUT2D eigenvalue weighted by Gasteiger charge is -2.19. The maximum atomic E-state index is 12.5. The second kappa shape index (κ2) is 5.01. The molecule has 1 atom stereocenters. The van der Waals surface area contributed by atoms with Gasteiger partial charge in [-0.15, -0.1) is 11.3 Å². The lowest BCUT2D eigenvalue weighted by molar-refractivity contribution is -0.111. The van der Waals surface area contributed by atoms with E-state index in [0.717, 1.165) is 37.5 Å². The van der Waals surface area contributed by atoms with Crippen LogP contribution in [0.5, 0.6) is 0 Å². The van der Waals surface area contributed by atoms with E-state index in [0.29, 0.717) is 23.2 Å². The molecule has 0 saturated carbocycles. The summed E-state index contributed by atoms with van der Waals surface area (Å²) in [5.74, 6) is -0.312. The van der Waals surface area contributed by atoms with Gasteiger partial charge < -0.3 is 14.7 Å². The van der Waals surface area contributed by atoms with Gasteiger partial charge in [0.1, 0.15) is 11.1 Å². The van der Waals surface area contributed by atoms with Crippen molar-refractivity contribution in [2.75, 3.05) is 6.54 Å². The number of likely N-dealkylation sites (tertiary alicyclic amines) is 1. The second-order valence-corrected chi connectivity index (χ2v) is 6.88. The number of nitrogens with zero attached hydrogens (tertiary/aromatic N) is 2. The van der Waals surface area contributed by atoms with E-state index in [4.69, 9.17) is 0 Å². The number of aldehydes is 1. The number of rotatable bonds is 2. The fourth-order valence-electron chi connectivity index (χ4n) is 3.43. The summed E-state index contributed by atoms with van der Waals surface area (Å²) in [5, 5.41) is 0.641. The van der Waals surface area contributed by atoms with E-state index in [2.05, 4.69) is 9.97 Å². The Hall–Kier alpha value is -2.02. The smallest absolute Gasteiger partial charge is 0.290 e. The zero-order chi connectivity index (χ0) is 15.3. The number of fused-ring (bicyclic) bond motifs is 3. The van der Waals surface area contributed by atoms with Gasteiger partial charge in [-0.05, 0) is 37.7 Å². The van der Waals surface area contributed by atoms with Gasteiger partial charge in [-0.2, -0.15) is 0 Å². The Morgan fingerprint density at radius 2 is 2.23 bits per heavy atom. The van der Waals surface area contributed by atoms with Gasteiger partial charge in [0.15, 0.2) is 0 Å². The van der Waals surface area contributed by atoms with Crippen molar-refractivity contribution in [3.05, 3.63) is 26.6 Å². The van der Waals surface area contributed by atoms with Gasteiger partial charge in [0.25, 0.3) is 11.5 Å². The van der Waals surface area contributed by atoms with Crippen LogP contribution in [0.1, 0.15) is 40.3 Å². The standard InChI is InChI=1S/C15H15N3O3S/c19-7-8-3-2-6-18(8)15(21)12-16-13(20)11-9-4-1-5-10(9)22-14(11)17-12/h7-8H,1-6H2,(H,16,17,20). The number of aromatic nitrogens is 2. The van der Waals surface area contributed by atoms with E-state index in [9.17, 15) is 14.4 Å². The minimum absolute atomic E-state index is 0.0474. The van der Waals surface area contributed by atoms with Crippen LogP contribution in [0.4, 0.5) is 0 Å². The van der Waals surface area contributed by atoms with Crippen molar-refractivity contribution < 1.29 is 9.59 Å². The van der Waals surface area contributed by atoms with Gasteiger partial charge in [-0.1, -0.05) is 0 Å². The zero-order valence-corrected chi connectivity index (χ0v) is 12.7. The number of nitrogens with one attached hydrogen (secondary N) is 1. The number of aryl methyl sites for hydroxylation is 2. The fourth-order valence-corrected chi connectivity index (χ4v) is 4.69. The van der Waals surface area contributed by atoms with Gasteiger partial charge >= 0.3 is 0 Å². The molecule has 1 aliphatic carbocycles. The van der Waals surface area contributed by atoms with Crippen LogP contribution in [0.15, 0.2) is 4.79 Å². The monoisotopic (exact) mass is 317 g/mol. The van der Waals surface area contributed by atoms with E-state index >= 15 is 0 Å². The molecule has 1 unspecified atom stereocenters. The van der Waals surface area contributed by atoms with Crippen LogP contribution >= 0.6 is 11.3 Å². The van der Waals surface area contributed by atoms with E-state index in [-0.39, 0.29) is 17.3 Å². The van der Waals surface area contributed by atoms with Crippen molar-refractivity contribution in [3.8, 4) is 0 Å². The molecule has 2 aromatic heterocycles. The third-order valence-corrected chi connectivity index (χ3v) is 5.68.